The number of nitrogens with one attached hydrogen (secondary N) is 1. The molecule has 0 bridgehead atoms. The molecule has 1 heterocycles. The highest BCUT2D eigenvalue weighted by atomic mass is 16.5. The van der Waals surface area contributed by atoms with Crippen LogP contribution in [0.25, 0.3) is 0 Å². The quantitative estimate of drug-likeness (QED) is 0.783. The van der Waals surface area contributed by atoms with Crippen molar-refractivity contribution in [2.75, 3.05) is 19.1 Å². The smallest absolute Gasteiger partial charge is 0.306 e. The molecule has 7 heteroatoms. The van der Waals surface area contributed by atoms with Crippen molar-refractivity contribution >= 4 is 23.5 Å². The molecular formula is C22H24N2O5. The summed E-state index contributed by atoms with van der Waals surface area (Å²) in [5.41, 5.74) is 1.64. The predicted octanol–water partition coefficient (Wildman–Crippen LogP) is 2.72. The third-order valence-corrected chi connectivity index (χ3v) is 5.29. The van der Waals surface area contributed by atoms with Gasteiger partial charge in [-0.25, -0.2) is 0 Å². The lowest BCUT2D eigenvalue weighted by Crippen LogP contribution is -2.45. The molecule has 1 aliphatic rings. The molecule has 3 rings (SSSR count). The van der Waals surface area contributed by atoms with Gasteiger partial charge in [0.15, 0.2) is 0 Å². The summed E-state index contributed by atoms with van der Waals surface area (Å²) in [5.74, 6) is -0.781. The zero-order valence-electron chi connectivity index (χ0n) is 16.7. The van der Waals surface area contributed by atoms with Gasteiger partial charge in [0.1, 0.15) is 5.75 Å². The fourth-order valence-electron chi connectivity index (χ4n) is 3.61. The molecule has 1 aliphatic heterocycles. The zero-order chi connectivity index (χ0) is 21.2. The van der Waals surface area contributed by atoms with Gasteiger partial charge in [-0.15, -0.1) is 0 Å². The number of hydrogen-bond acceptors (Lipinski definition) is 4. The summed E-state index contributed by atoms with van der Waals surface area (Å²) in [6.45, 7) is 1.68. The van der Waals surface area contributed by atoms with E-state index in [2.05, 4.69) is 5.32 Å². The van der Waals surface area contributed by atoms with Crippen molar-refractivity contribution < 1.29 is 24.2 Å². The molecule has 0 radical (unpaired) electrons. The average Bonchev–Trinajstić information content (AvgIpc) is 2.70. The Morgan fingerprint density at radius 1 is 1.21 bits per heavy atom. The van der Waals surface area contributed by atoms with E-state index in [0.717, 1.165) is 11.3 Å². The standard InChI is InChI=1S/C22H24N2O5/c1-22(13-20(26)27,16-5-4-6-17(12-16)29-3)23-21(28)15-7-9-18-14(11-15)8-10-19(25)24(18)2/h4-7,9,11-12H,8,10,13H2,1-3H3,(H,23,28)(H,26,27). The average molecular weight is 396 g/mol. The van der Waals surface area contributed by atoms with E-state index >= 15 is 0 Å². The summed E-state index contributed by atoms with van der Waals surface area (Å²) in [5, 5.41) is 12.3. The highest BCUT2D eigenvalue weighted by molar-refractivity contribution is 5.99. The first-order valence-corrected chi connectivity index (χ1v) is 9.32. The van der Waals surface area contributed by atoms with Crippen LogP contribution in [0.4, 0.5) is 5.69 Å². The number of aliphatic carboxylic acids is 1. The molecule has 7 nitrogen and oxygen atoms in total. The minimum atomic E-state index is -1.12. The molecule has 0 fully saturated rings. The van der Waals surface area contributed by atoms with E-state index in [4.69, 9.17) is 4.74 Å². The number of carbonyl (C=O) groups is 3. The first kappa shape index (κ1) is 20.4. The summed E-state index contributed by atoms with van der Waals surface area (Å²) in [7, 11) is 3.24. The van der Waals surface area contributed by atoms with E-state index < -0.39 is 11.5 Å². The van der Waals surface area contributed by atoms with Gasteiger partial charge in [0.05, 0.1) is 19.1 Å². The van der Waals surface area contributed by atoms with Gasteiger partial charge in [-0.1, -0.05) is 12.1 Å². The first-order valence-electron chi connectivity index (χ1n) is 9.32. The van der Waals surface area contributed by atoms with Crippen molar-refractivity contribution in [3.63, 3.8) is 0 Å². The summed E-state index contributed by atoms with van der Waals surface area (Å²) in [6.07, 6.45) is 0.686. The maximum Gasteiger partial charge on any atom is 0.306 e. The van der Waals surface area contributed by atoms with E-state index in [0.29, 0.717) is 29.7 Å². The molecule has 152 valence electrons. The SMILES string of the molecule is COc1cccc(C(C)(CC(=O)O)NC(=O)c2ccc3c(c2)CCC(=O)N3C)c1. The fraction of sp³-hybridized carbons (Fsp3) is 0.318. The number of carboxylic acids is 1. The molecule has 0 aromatic heterocycles. The van der Waals surface area contributed by atoms with Gasteiger partial charge in [0, 0.05) is 24.7 Å². The van der Waals surface area contributed by atoms with E-state index in [1.54, 1.807) is 61.3 Å². The molecular weight excluding hydrogens is 372 g/mol. The Bertz CT molecular complexity index is 971. The minimum absolute atomic E-state index is 0.0433. The number of methoxy groups -OCH3 is 1. The Labute approximate surface area is 169 Å². The third-order valence-electron chi connectivity index (χ3n) is 5.29. The van der Waals surface area contributed by atoms with Gasteiger partial charge < -0.3 is 20.1 Å². The first-order chi connectivity index (χ1) is 13.7. The van der Waals surface area contributed by atoms with Crippen LogP contribution in [-0.2, 0) is 21.5 Å². The van der Waals surface area contributed by atoms with Crippen molar-refractivity contribution in [2.45, 2.75) is 31.7 Å². The van der Waals surface area contributed by atoms with Crippen molar-refractivity contribution in [2.24, 2.45) is 0 Å². The fourth-order valence-corrected chi connectivity index (χ4v) is 3.61. The highest BCUT2D eigenvalue weighted by Gasteiger charge is 2.32. The summed E-state index contributed by atoms with van der Waals surface area (Å²) in [4.78, 5) is 37.9. The van der Waals surface area contributed by atoms with E-state index in [1.165, 1.54) is 7.11 Å². The molecule has 29 heavy (non-hydrogen) atoms. The van der Waals surface area contributed by atoms with Crippen LogP contribution in [0, 0.1) is 0 Å². The molecule has 2 aromatic rings. The number of aryl methyl sites for hydroxylation is 1. The Morgan fingerprint density at radius 2 is 1.97 bits per heavy atom. The van der Waals surface area contributed by atoms with Gasteiger partial charge >= 0.3 is 5.97 Å². The van der Waals surface area contributed by atoms with Gasteiger partial charge in [-0.05, 0) is 54.8 Å². The lowest BCUT2D eigenvalue weighted by atomic mass is 9.87. The van der Waals surface area contributed by atoms with Crippen molar-refractivity contribution in [3.8, 4) is 5.75 Å². The number of fused-ring (bicyclic) bond motifs is 1. The maximum absolute atomic E-state index is 13.0. The second-order valence-electron chi connectivity index (χ2n) is 7.38. The molecule has 1 unspecified atom stereocenters. The van der Waals surface area contributed by atoms with Crippen molar-refractivity contribution in [1.82, 2.24) is 5.32 Å². The number of benzene rings is 2. The second kappa shape index (κ2) is 7.95. The lowest BCUT2D eigenvalue weighted by Gasteiger charge is -2.31. The van der Waals surface area contributed by atoms with Crippen LogP contribution in [0.2, 0.25) is 0 Å². The molecule has 1 atom stereocenters. The third kappa shape index (κ3) is 4.23. The van der Waals surface area contributed by atoms with Crippen molar-refractivity contribution in [3.05, 3.63) is 59.2 Å². The molecule has 0 saturated carbocycles. The number of amides is 2. The number of nitrogens with zero attached hydrogens (tertiary/aromatic N) is 1. The van der Waals surface area contributed by atoms with Crippen LogP contribution in [0.1, 0.15) is 41.3 Å². The second-order valence-corrected chi connectivity index (χ2v) is 7.38. The molecule has 0 saturated heterocycles. The molecule has 2 N–H and O–H groups in total. The van der Waals surface area contributed by atoms with Crippen LogP contribution in [0.15, 0.2) is 42.5 Å². The van der Waals surface area contributed by atoms with Crippen LogP contribution in [-0.4, -0.2) is 37.0 Å². The Balaban J connectivity index is 1.91. The summed E-state index contributed by atoms with van der Waals surface area (Å²) < 4.78 is 5.23. The number of hydrogen-bond donors (Lipinski definition) is 2. The number of ether oxygens (including phenoxy) is 1. The highest BCUT2D eigenvalue weighted by Crippen LogP contribution is 2.30. The van der Waals surface area contributed by atoms with Gasteiger partial charge in [0.25, 0.3) is 5.91 Å². The molecule has 2 aromatic carbocycles. The van der Waals surface area contributed by atoms with Crippen LogP contribution >= 0.6 is 0 Å². The monoisotopic (exact) mass is 396 g/mol. The summed E-state index contributed by atoms with van der Waals surface area (Å²) >= 11 is 0. The number of carbonyl (C=O) groups excluding carboxylic acids is 2. The van der Waals surface area contributed by atoms with E-state index in [1.807, 2.05) is 0 Å². The van der Waals surface area contributed by atoms with Crippen LogP contribution in [0.3, 0.4) is 0 Å². The van der Waals surface area contributed by atoms with Gasteiger partial charge in [-0.2, -0.15) is 0 Å². The van der Waals surface area contributed by atoms with E-state index in [9.17, 15) is 19.5 Å². The normalized spacial score (nSPS) is 15.3. The Kier molecular flexibility index (Phi) is 5.59. The lowest BCUT2D eigenvalue weighted by molar-refractivity contribution is -0.138. The van der Waals surface area contributed by atoms with Crippen molar-refractivity contribution in [1.29, 1.82) is 0 Å². The predicted molar refractivity (Wildman–Crippen MR) is 108 cm³/mol. The number of carboxylic acid groups (broad SMARTS) is 1. The van der Waals surface area contributed by atoms with Crippen LogP contribution in [0.5, 0.6) is 5.75 Å². The Hall–Kier alpha value is -3.35. The van der Waals surface area contributed by atoms with Gasteiger partial charge in [0.2, 0.25) is 5.91 Å². The number of rotatable bonds is 6. The van der Waals surface area contributed by atoms with Crippen LogP contribution < -0.4 is 15.0 Å². The van der Waals surface area contributed by atoms with Gasteiger partial charge in [-0.3, -0.25) is 14.4 Å². The Morgan fingerprint density at radius 3 is 2.66 bits per heavy atom. The molecule has 2 amide bonds. The summed E-state index contributed by atoms with van der Waals surface area (Å²) in [6, 6.07) is 12.2. The van der Waals surface area contributed by atoms with E-state index in [-0.39, 0.29) is 18.2 Å². The molecule has 0 aliphatic carbocycles. The minimum Gasteiger partial charge on any atom is -0.497 e. The molecule has 0 spiro atoms. The largest absolute Gasteiger partial charge is 0.497 e. The zero-order valence-corrected chi connectivity index (χ0v) is 16.7. The number of anilines is 1. The topological polar surface area (TPSA) is 95.9 Å². The maximum atomic E-state index is 13.0.